The van der Waals surface area contributed by atoms with E-state index in [9.17, 15) is 4.79 Å². The zero-order valence-corrected chi connectivity index (χ0v) is 15.3. The van der Waals surface area contributed by atoms with Gasteiger partial charge in [-0.15, -0.1) is 0 Å². The third-order valence-electron chi connectivity index (χ3n) is 4.26. The van der Waals surface area contributed by atoms with Crippen LogP contribution in [0.4, 0.5) is 11.4 Å². The fourth-order valence-corrected chi connectivity index (χ4v) is 3.02. The van der Waals surface area contributed by atoms with Crippen LogP contribution in [0, 0.1) is 0 Å². The van der Waals surface area contributed by atoms with Crippen molar-refractivity contribution < 1.29 is 18.7 Å². The van der Waals surface area contributed by atoms with E-state index in [1.54, 1.807) is 49.8 Å². The Morgan fingerprint density at radius 1 is 1.21 bits per heavy atom. The second-order valence-electron chi connectivity index (χ2n) is 5.97. The molecule has 4 rings (SSSR count). The summed E-state index contributed by atoms with van der Waals surface area (Å²) in [6.07, 6.45) is 4.58. The van der Waals surface area contributed by atoms with Crippen molar-refractivity contribution in [1.82, 2.24) is 4.98 Å². The molecule has 7 nitrogen and oxygen atoms in total. The molecule has 7 heteroatoms. The SMILES string of the molecule is COC=Nc1ccc2oc3c(OC)ccc(C(=O)Nc4cccnc4)c3c2c1. The number of aliphatic imine (C=N–C) groups is 1. The van der Waals surface area contributed by atoms with Crippen LogP contribution in [0.25, 0.3) is 21.9 Å². The molecule has 0 bridgehead atoms. The molecule has 0 unspecified atom stereocenters. The monoisotopic (exact) mass is 375 g/mol. The summed E-state index contributed by atoms with van der Waals surface area (Å²) >= 11 is 0. The molecular formula is C21H17N3O4. The number of aromatic nitrogens is 1. The number of hydrogen-bond donors (Lipinski definition) is 1. The fraction of sp³-hybridized carbons (Fsp3) is 0.0952. The second kappa shape index (κ2) is 7.40. The first-order chi connectivity index (χ1) is 13.7. The lowest BCUT2D eigenvalue weighted by molar-refractivity contribution is 0.102. The molecule has 0 aliphatic rings. The van der Waals surface area contributed by atoms with Gasteiger partial charge in [-0.3, -0.25) is 9.78 Å². The van der Waals surface area contributed by atoms with Crippen molar-refractivity contribution in [2.45, 2.75) is 0 Å². The molecule has 0 aliphatic carbocycles. The zero-order chi connectivity index (χ0) is 19.5. The molecule has 140 valence electrons. The van der Waals surface area contributed by atoms with Crippen molar-refractivity contribution in [3.63, 3.8) is 0 Å². The summed E-state index contributed by atoms with van der Waals surface area (Å²) in [4.78, 5) is 21.2. The Balaban J connectivity index is 1.90. The summed E-state index contributed by atoms with van der Waals surface area (Å²) in [7, 11) is 3.09. The van der Waals surface area contributed by atoms with Crippen LogP contribution >= 0.6 is 0 Å². The fourth-order valence-electron chi connectivity index (χ4n) is 3.02. The first-order valence-electron chi connectivity index (χ1n) is 8.51. The Labute approximate surface area is 160 Å². The van der Waals surface area contributed by atoms with E-state index in [4.69, 9.17) is 13.9 Å². The van der Waals surface area contributed by atoms with Crippen LogP contribution in [0.1, 0.15) is 10.4 Å². The molecule has 2 aromatic heterocycles. The summed E-state index contributed by atoms with van der Waals surface area (Å²) in [5.74, 6) is 0.278. The number of amides is 1. The molecule has 0 radical (unpaired) electrons. The number of anilines is 1. The predicted octanol–water partition coefficient (Wildman–Crippen LogP) is 4.55. The second-order valence-corrected chi connectivity index (χ2v) is 5.97. The molecule has 0 aliphatic heterocycles. The Bertz CT molecular complexity index is 1180. The normalized spacial score (nSPS) is 11.2. The van der Waals surface area contributed by atoms with Gasteiger partial charge in [-0.2, -0.15) is 0 Å². The number of rotatable bonds is 5. The maximum absolute atomic E-state index is 13.0. The largest absolute Gasteiger partial charge is 0.493 e. The number of hydrogen-bond acceptors (Lipinski definition) is 6. The van der Waals surface area contributed by atoms with Crippen molar-refractivity contribution in [2.75, 3.05) is 19.5 Å². The minimum absolute atomic E-state index is 0.269. The van der Waals surface area contributed by atoms with Crippen molar-refractivity contribution in [3.05, 3.63) is 60.4 Å². The highest BCUT2D eigenvalue weighted by atomic mass is 16.5. The van der Waals surface area contributed by atoms with E-state index in [-0.39, 0.29) is 5.91 Å². The van der Waals surface area contributed by atoms with Gasteiger partial charge in [-0.05, 0) is 42.5 Å². The molecule has 0 saturated heterocycles. The van der Waals surface area contributed by atoms with Crippen LogP contribution in [0.15, 0.2) is 64.3 Å². The van der Waals surface area contributed by atoms with Crippen LogP contribution in [0.5, 0.6) is 5.75 Å². The van der Waals surface area contributed by atoms with E-state index < -0.39 is 0 Å². The van der Waals surface area contributed by atoms with E-state index in [0.29, 0.717) is 39.2 Å². The first-order valence-corrected chi connectivity index (χ1v) is 8.51. The highest BCUT2D eigenvalue weighted by Gasteiger charge is 2.20. The predicted molar refractivity (Wildman–Crippen MR) is 108 cm³/mol. The third-order valence-corrected chi connectivity index (χ3v) is 4.26. The number of carbonyl (C=O) groups excluding carboxylic acids is 1. The molecule has 0 atom stereocenters. The van der Waals surface area contributed by atoms with Gasteiger partial charge >= 0.3 is 0 Å². The molecule has 1 amide bonds. The van der Waals surface area contributed by atoms with Gasteiger partial charge in [0.05, 0.1) is 37.4 Å². The summed E-state index contributed by atoms with van der Waals surface area (Å²) in [5, 5.41) is 4.28. The zero-order valence-electron chi connectivity index (χ0n) is 15.3. The Morgan fingerprint density at radius 3 is 2.86 bits per heavy atom. The van der Waals surface area contributed by atoms with Gasteiger partial charge in [0.25, 0.3) is 5.91 Å². The lowest BCUT2D eigenvalue weighted by Gasteiger charge is -2.08. The van der Waals surface area contributed by atoms with Crippen molar-refractivity contribution in [1.29, 1.82) is 0 Å². The minimum atomic E-state index is -0.269. The number of fused-ring (bicyclic) bond motifs is 3. The van der Waals surface area contributed by atoms with Crippen LogP contribution in [-0.2, 0) is 4.74 Å². The summed E-state index contributed by atoms with van der Waals surface area (Å²) in [6, 6.07) is 12.4. The Kier molecular flexibility index (Phi) is 4.63. The molecule has 0 spiro atoms. The number of benzene rings is 2. The molecule has 2 heterocycles. The molecule has 2 aromatic carbocycles. The van der Waals surface area contributed by atoms with Crippen molar-refractivity contribution in [3.8, 4) is 5.75 Å². The molecule has 28 heavy (non-hydrogen) atoms. The maximum Gasteiger partial charge on any atom is 0.256 e. The van der Waals surface area contributed by atoms with Gasteiger partial charge in [0.15, 0.2) is 17.7 Å². The highest BCUT2D eigenvalue weighted by Crippen LogP contribution is 2.38. The number of furan rings is 1. The number of ether oxygens (including phenoxy) is 2. The Hall–Kier alpha value is -3.87. The lowest BCUT2D eigenvalue weighted by Crippen LogP contribution is -2.12. The standard InChI is InChI=1S/C21H17N3O4/c1-26-12-23-13-5-7-17-16(10-13)19-15(6-8-18(27-2)20(19)28-17)21(25)24-14-4-3-9-22-11-14/h3-12H,1-2H3,(H,24,25). The lowest BCUT2D eigenvalue weighted by atomic mass is 10.0. The summed E-state index contributed by atoms with van der Waals surface area (Å²) in [5.41, 5.74) is 2.88. The molecule has 1 N–H and O–H groups in total. The van der Waals surface area contributed by atoms with Gasteiger partial charge in [-0.25, -0.2) is 4.99 Å². The topological polar surface area (TPSA) is 86.0 Å². The molecule has 4 aromatic rings. The van der Waals surface area contributed by atoms with Crippen LogP contribution in [0.2, 0.25) is 0 Å². The summed E-state index contributed by atoms with van der Waals surface area (Å²) in [6.45, 7) is 0. The number of pyridine rings is 1. The van der Waals surface area contributed by atoms with Crippen LogP contribution in [-0.4, -0.2) is 31.5 Å². The van der Waals surface area contributed by atoms with Crippen molar-refractivity contribution >= 4 is 45.6 Å². The van der Waals surface area contributed by atoms with E-state index in [1.807, 2.05) is 12.1 Å². The van der Waals surface area contributed by atoms with E-state index in [0.717, 1.165) is 5.39 Å². The maximum atomic E-state index is 13.0. The average Bonchev–Trinajstić information content (AvgIpc) is 3.11. The number of carbonyl (C=O) groups is 1. The third kappa shape index (κ3) is 3.14. The van der Waals surface area contributed by atoms with Gasteiger partial charge < -0.3 is 19.2 Å². The van der Waals surface area contributed by atoms with Crippen molar-refractivity contribution in [2.24, 2.45) is 4.99 Å². The molecule has 0 fully saturated rings. The van der Waals surface area contributed by atoms with E-state index >= 15 is 0 Å². The smallest absolute Gasteiger partial charge is 0.256 e. The summed E-state index contributed by atoms with van der Waals surface area (Å²) < 4.78 is 16.3. The molecule has 0 saturated carbocycles. The number of methoxy groups -OCH3 is 2. The van der Waals surface area contributed by atoms with Crippen LogP contribution in [0.3, 0.4) is 0 Å². The minimum Gasteiger partial charge on any atom is -0.493 e. The van der Waals surface area contributed by atoms with Gasteiger partial charge in [0.1, 0.15) is 5.58 Å². The molecular weight excluding hydrogens is 358 g/mol. The number of nitrogens with zero attached hydrogens (tertiary/aromatic N) is 2. The van der Waals surface area contributed by atoms with Gasteiger partial charge in [-0.1, -0.05) is 0 Å². The first kappa shape index (κ1) is 17.5. The highest BCUT2D eigenvalue weighted by molar-refractivity contribution is 6.20. The van der Waals surface area contributed by atoms with Crippen LogP contribution < -0.4 is 10.1 Å². The Morgan fingerprint density at radius 2 is 2.11 bits per heavy atom. The average molecular weight is 375 g/mol. The van der Waals surface area contributed by atoms with Gasteiger partial charge in [0.2, 0.25) is 0 Å². The van der Waals surface area contributed by atoms with E-state index in [2.05, 4.69) is 15.3 Å². The number of nitrogens with one attached hydrogen (secondary N) is 1. The van der Waals surface area contributed by atoms with E-state index in [1.165, 1.54) is 13.5 Å². The van der Waals surface area contributed by atoms with Gasteiger partial charge in [0, 0.05) is 17.0 Å². The quantitative estimate of drug-likeness (QED) is 0.409.